The first-order chi connectivity index (χ1) is 9.38. The summed E-state index contributed by atoms with van der Waals surface area (Å²) in [6.07, 6.45) is 3.90. The van der Waals surface area contributed by atoms with Crippen molar-refractivity contribution in [3.05, 3.63) is 45.5 Å². The number of allylic oxidation sites excluding steroid dienone is 3. The number of aliphatic hydroxyl groups is 1. The lowest BCUT2D eigenvalue weighted by Gasteiger charge is -2.09. The van der Waals surface area contributed by atoms with Crippen molar-refractivity contribution in [2.24, 2.45) is 5.92 Å². The van der Waals surface area contributed by atoms with Gasteiger partial charge in [0.1, 0.15) is 11.5 Å². The quantitative estimate of drug-likeness (QED) is 0.841. The summed E-state index contributed by atoms with van der Waals surface area (Å²) in [6.45, 7) is 7.72. The van der Waals surface area contributed by atoms with Crippen LogP contribution in [0, 0.1) is 12.8 Å². The Morgan fingerprint density at radius 1 is 1.50 bits per heavy atom. The van der Waals surface area contributed by atoms with Gasteiger partial charge in [0.2, 0.25) is 0 Å². The average molecular weight is 278 g/mol. The lowest BCUT2D eigenvalue weighted by atomic mass is 10.0. The predicted octanol–water partition coefficient (Wildman–Crippen LogP) is 2.93. The zero-order valence-electron chi connectivity index (χ0n) is 12.7. The number of ether oxygens (including phenoxy) is 1. The van der Waals surface area contributed by atoms with E-state index in [4.69, 9.17) is 14.3 Å². The largest absolute Gasteiger partial charge is 0.496 e. The molecule has 0 saturated heterocycles. The monoisotopic (exact) mass is 278 g/mol. The first kappa shape index (κ1) is 16.2. The lowest BCUT2D eigenvalue weighted by molar-refractivity contribution is 0.261. The highest BCUT2D eigenvalue weighted by Crippen LogP contribution is 2.25. The van der Waals surface area contributed by atoms with E-state index in [1.165, 1.54) is 13.2 Å². The van der Waals surface area contributed by atoms with Crippen LogP contribution in [0.25, 0.3) is 5.57 Å². The third-order valence-electron chi connectivity index (χ3n) is 3.02. The number of rotatable bonds is 5. The van der Waals surface area contributed by atoms with Gasteiger partial charge in [0, 0.05) is 12.2 Å². The standard InChI is InChI=1S/C16H22O4/c1-10(6-11(2)9-17)7-12(3)16-13(4)14(19-5)8-15(18)20-16/h6-8,11,17H,9H2,1-5H3. The number of methoxy groups -OCH3 is 1. The summed E-state index contributed by atoms with van der Waals surface area (Å²) < 4.78 is 10.4. The summed E-state index contributed by atoms with van der Waals surface area (Å²) in [5.74, 6) is 1.14. The van der Waals surface area contributed by atoms with Crippen molar-refractivity contribution in [3.63, 3.8) is 0 Å². The molecule has 0 fully saturated rings. The number of hydrogen-bond donors (Lipinski definition) is 1. The van der Waals surface area contributed by atoms with Crippen LogP contribution in [-0.4, -0.2) is 18.8 Å². The van der Waals surface area contributed by atoms with Crippen LogP contribution in [0.4, 0.5) is 0 Å². The van der Waals surface area contributed by atoms with Gasteiger partial charge >= 0.3 is 5.63 Å². The molecule has 1 heterocycles. The first-order valence-corrected chi connectivity index (χ1v) is 6.55. The third kappa shape index (κ3) is 4.10. The zero-order valence-corrected chi connectivity index (χ0v) is 12.7. The number of aliphatic hydroxyl groups excluding tert-OH is 1. The maximum Gasteiger partial charge on any atom is 0.339 e. The van der Waals surface area contributed by atoms with Crippen molar-refractivity contribution in [2.45, 2.75) is 27.7 Å². The molecule has 1 aromatic heterocycles. The topological polar surface area (TPSA) is 59.7 Å². The zero-order chi connectivity index (χ0) is 15.3. The van der Waals surface area contributed by atoms with E-state index in [2.05, 4.69) is 0 Å². The second-order valence-corrected chi connectivity index (χ2v) is 4.99. The highest BCUT2D eigenvalue weighted by molar-refractivity contribution is 5.66. The maximum atomic E-state index is 11.5. The van der Waals surface area contributed by atoms with Crippen molar-refractivity contribution < 1.29 is 14.3 Å². The molecule has 0 aliphatic heterocycles. The van der Waals surface area contributed by atoms with E-state index in [9.17, 15) is 4.79 Å². The van der Waals surface area contributed by atoms with Crippen LogP contribution in [0.1, 0.15) is 32.1 Å². The molecular formula is C16H22O4. The van der Waals surface area contributed by atoms with E-state index in [0.29, 0.717) is 11.5 Å². The van der Waals surface area contributed by atoms with E-state index in [1.807, 2.05) is 39.8 Å². The summed E-state index contributed by atoms with van der Waals surface area (Å²) >= 11 is 0. The summed E-state index contributed by atoms with van der Waals surface area (Å²) in [7, 11) is 1.53. The van der Waals surface area contributed by atoms with Gasteiger partial charge < -0.3 is 14.3 Å². The summed E-state index contributed by atoms with van der Waals surface area (Å²) in [4.78, 5) is 11.5. The Hall–Kier alpha value is -1.81. The van der Waals surface area contributed by atoms with E-state index >= 15 is 0 Å². The molecule has 0 aromatic carbocycles. The Bertz CT molecular complexity index is 579. The van der Waals surface area contributed by atoms with Crippen molar-refractivity contribution in [1.29, 1.82) is 0 Å². The van der Waals surface area contributed by atoms with Crippen LogP contribution in [0.3, 0.4) is 0 Å². The normalized spacial score (nSPS) is 14.3. The smallest absolute Gasteiger partial charge is 0.339 e. The maximum absolute atomic E-state index is 11.5. The van der Waals surface area contributed by atoms with Crippen LogP contribution in [0.15, 0.2) is 33.0 Å². The Balaban J connectivity index is 3.21. The molecule has 0 aliphatic carbocycles. The second kappa shape index (κ2) is 7.10. The molecule has 0 saturated carbocycles. The fourth-order valence-corrected chi connectivity index (χ4v) is 2.08. The fraction of sp³-hybridized carbons (Fsp3) is 0.438. The fourth-order valence-electron chi connectivity index (χ4n) is 2.08. The Morgan fingerprint density at radius 3 is 2.70 bits per heavy atom. The molecule has 1 aromatic rings. The van der Waals surface area contributed by atoms with Crippen molar-refractivity contribution in [2.75, 3.05) is 13.7 Å². The molecular weight excluding hydrogens is 256 g/mol. The highest BCUT2D eigenvalue weighted by Gasteiger charge is 2.11. The van der Waals surface area contributed by atoms with Gasteiger partial charge in [0.05, 0.1) is 13.2 Å². The minimum Gasteiger partial charge on any atom is -0.496 e. The Labute approximate surface area is 119 Å². The Kier molecular flexibility index (Phi) is 5.77. The summed E-state index contributed by atoms with van der Waals surface area (Å²) in [5.41, 5.74) is 2.22. The van der Waals surface area contributed by atoms with Crippen LogP contribution < -0.4 is 10.4 Å². The minimum atomic E-state index is -0.430. The van der Waals surface area contributed by atoms with E-state index < -0.39 is 5.63 Å². The average Bonchev–Trinajstić information content (AvgIpc) is 2.40. The molecule has 0 bridgehead atoms. The van der Waals surface area contributed by atoms with Crippen molar-refractivity contribution >= 4 is 5.57 Å². The van der Waals surface area contributed by atoms with Crippen molar-refractivity contribution in [1.82, 2.24) is 0 Å². The van der Waals surface area contributed by atoms with Crippen molar-refractivity contribution in [3.8, 4) is 5.75 Å². The SMILES string of the molecule is COc1cc(=O)oc(C(C)=CC(C)=CC(C)CO)c1C. The highest BCUT2D eigenvalue weighted by atomic mass is 16.5. The van der Waals surface area contributed by atoms with Gasteiger partial charge in [-0.25, -0.2) is 4.79 Å². The summed E-state index contributed by atoms with van der Waals surface area (Å²) in [5, 5.41) is 9.04. The molecule has 0 aliphatic rings. The molecule has 0 radical (unpaired) electrons. The second-order valence-electron chi connectivity index (χ2n) is 4.99. The van der Waals surface area contributed by atoms with Crippen LogP contribution in [0.2, 0.25) is 0 Å². The molecule has 1 atom stereocenters. The molecule has 4 heteroatoms. The third-order valence-corrected chi connectivity index (χ3v) is 3.02. The molecule has 0 amide bonds. The predicted molar refractivity (Wildman–Crippen MR) is 79.9 cm³/mol. The van der Waals surface area contributed by atoms with Crippen LogP contribution in [0.5, 0.6) is 5.75 Å². The van der Waals surface area contributed by atoms with Gasteiger partial charge in [0.25, 0.3) is 0 Å². The van der Waals surface area contributed by atoms with Gasteiger partial charge in [-0.2, -0.15) is 0 Å². The van der Waals surface area contributed by atoms with E-state index in [-0.39, 0.29) is 12.5 Å². The van der Waals surface area contributed by atoms with Gasteiger partial charge in [-0.1, -0.05) is 24.6 Å². The van der Waals surface area contributed by atoms with Crippen LogP contribution >= 0.6 is 0 Å². The molecule has 20 heavy (non-hydrogen) atoms. The Morgan fingerprint density at radius 2 is 2.15 bits per heavy atom. The molecule has 4 nitrogen and oxygen atoms in total. The molecule has 1 rings (SSSR count). The molecule has 1 unspecified atom stereocenters. The summed E-state index contributed by atoms with van der Waals surface area (Å²) in [6, 6.07) is 1.34. The molecule has 110 valence electrons. The minimum absolute atomic E-state index is 0.0949. The molecule has 0 spiro atoms. The van der Waals surface area contributed by atoms with E-state index in [1.54, 1.807) is 0 Å². The van der Waals surface area contributed by atoms with E-state index in [0.717, 1.165) is 16.7 Å². The van der Waals surface area contributed by atoms with Gasteiger partial charge in [-0.05, 0) is 32.3 Å². The molecule has 1 N–H and O–H groups in total. The lowest BCUT2D eigenvalue weighted by Crippen LogP contribution is -2.04. The van der Waals surface area contributed by atoms with Crippen LogP contribution in [-0.2, 0) is 0 Å². The van der Waals surface area contributed by atoms with Gasteiger partial charge in [0.15, 0.2) is 0 Å². The number of hydrogen-bond acceptors (Lipinski definition) is 4. The van der Waals surface area contributed by atoms with Gasteiger partial charge in [-0.15, -0.1) is 0 Å². The first-order valence-electron chi connectivity index (χ1n) is 6.55. The van der Waals surface area contributed by atoms with Gasteiger partial charge in [-0.3, -0.25) is 0 Å².